The van der Waals surface area contributed by atoms with Crippen molar-refractivity contribution >= 4 is 27.3 Å². The number of thiazole rings is 1. The van der Waals surface area contributed by atoms with Crippen LogP contribution >= 0.6 is 11.3 Å². The Morgan fingerprint density at radius 1 is 1.31 bits per heavy atom. The van der Waals surface area contributed by atoms with E-state index in [0.29, 0.717) is 5.01 Å². The van der Waals surface area contributed by atoms with Gasteiger partial charge >= 0.3 is 0 Å². The maximum Gasteiger partial charge on any atom is 0.254 e. The summed E-state index contributed by atoms with van der Waals surface area (Å²) in [6, 6.07) is 6.30. The van der Waals surface area contributed by atoms with Gasteiger partial charge in [0, 0.05) is 29.9 Å². The number of rotatable bonds is 7. The second kappa shape index (κ2) is 8.76. The van der Waals surface area contributed by atoms with E-state index in [9.17, 15) is 17.6 Å². The Balaban J connectivity index is 1.79. The predicted octanol–water partition coefficient (Wildman–Crippen LogP) is 3.13. The highest BCUT2D eigenvalue weighted by molar-refractivity contribution is 7.89. The number of halogens is 1. The number of nitrogens with one attached hydrogen (secondary N) is 2. The number of sulfonamides is 1. The highest BCUT2D eigenvalue weighted by atomic mass is 32.2. The number of carbonyl (C=O) groups excluding carboxylic acids is 1. The van der Waals surface area contributed by atoms with Crippen molar-refractivity contribution in [3.05, 3.63) is 64.5 Å². The van der Waals surface area contributed by atoms with Crippen molar-refractivity contribution in [1.82, 2.24) is 20.0 Å². The first-order chi connectivity index (χ1) is 13.8. The lowest BCUT2D eigenvalue weighted by molar-refractivity contribution is 0.0935. The van der Waals surface area contributed by atoms with Crippen molar-refractivity contribution < 1.29 is 17.6 Å². The molecule has 1 aromatic carbocycles. The van der Waals surface area contributed by atoms with Crippen molar-refractivity contribution in [2.24, 2.45) is 0 Å². The highest BCUT2D eigenvalue weighted by Gasteiger charge is 2.21. The third-order valence-electron chi connectivity index (χ3n) is 4.02. The number of hydrogen-bond acceptors (Lipinski definition) is 6. The largest absolute Gasteiger partial charge is 0.343 e. The molecule has 1 unspecified atom stereocenters. The molecule has 10 heteroatoms. The van der Waals surface area contributed by atoms with Gasteiger partial charge in [-0.2, -0.15) is 0 Å². The van der Waals surface area contributed by atoms with E-state index in [4.69, 9.17) is 0 Å². The van der Waals surface area contributed by atoms with E-state index in [0.717, 1.165) is 29.5 Å². The number of nitrogens with zero attached hydrogens (tertiary/aromatic N) is 2. The van der Waals surface area contributed by atoms with E-state index in [1.807, 2.05) is 11.4 Å². The average molecular weight is 435 g/mol. The van der Waals surface area contributed by atoms with Gasteiger partial charge in [0.05, 0.1) is 22.2 Å². The Bertz CT molecular complexity index is 1120. The minimum Gasteiger partial charge on any atom is -0.343 e. The third-order valence-corrected chi connectivity index (χ3v) is 6.60. The molecule has 1 amide bonds. The molecule has 0 fully saturated rings. The molecule has 2 N–H and O–H groups in total. The van der Waals surface area contributed by atoms with Crippen LogP contribution < -0.4 is 10.0 Å². The van der Waals surface area contributed by atoms with Crippen LogP contribution in [0.5, 0.6) is 0 Å². The number of benzene rings is 1. The van der Waals surface area contributed by atoms with Crippen molar-refractivity contribution in [1.29, 1.82) is 0 Å². The average Bonchev–Trinajstić information content (AvgIpc) is 3.19. The van der Waals surface area contributed by atoms with Gasteiger partial charge in [-0.15, -0.1) is 11.3 Å². The van der Waals surface area contributed by atoms with Gasteiger partial charge in [0.15, 0.2) is 0 Å². The minimum atomic E-state index is -3.80. The molecule has 1 atom stereocenters. The van der Waals surface area contributed by atoms with E-state index in [1.54, 1.807) is 32.3 Å². The molecule has 0 saturated carbocycles. The summed E-state index contributed by atoms with van der Waals surface area (Å²) >= 11 is 1.35. The van der Waals surface area contributed by atoms with Gasteiger partial charge in [0.2, 0.25) is 10.0 Å². The zero-order valence-electron chi connectivity index (χ0n) is 15.7. The molecule has 0 aliphatic rings. The van der Waals surface area contributed by atoms with E-state index >= 15 is 0 Å². The quantitative estimate of drug-likeness (QED) is 0.595. The summed E-state index contributed by atoms with van der Waals surface area (Å²) in [7, 11) is -3.80. The Morgan fingerprint density at radius 2 is 2.10 bits per heavy atom. The molecular formula is C19H19FN4O3S2. The molecule has 152 valence electrons. The topological polar surface area (TPSA) is 101 Å². The van der Waals surface area contributed by atoms with Crippen molar-refractivity contribution in [3.8, 4) is 11.3 Å². The van der Waals surface area contributed by atoms with Gasteiger partial charge in [-0.25, -0.2) is 22.5 Å². The monoisotopic (exact) mass is 434 g/mol. The molecule has 3 aromatic rings. The van der Waals surface area contributed by atoms with Gasteiger partial charge in [-0.3, -0.25) is 9.78 Å². The first kappa shape index (κ1) is 21.0. The number of carbonyl (C=O) groups is 1. The molecule has 3 rings (SSSR count). The molecule has 29 heavy (non-hydrogen) atoms. The first-order valence-corrected chi connectivity index (χ1v) is 11.1. The van der Waals surface area contributed by atoms with E-state index < -0.39 is 27.8 Å². The molecular weight excluding hydrogens is 415 g/mol. The van der Waals surface area contributed by atoms with Crippen LogP contribution in [0.4, 0.5) is 4.39 Å². The number of hydrogen-bond donors (Lipinski definition) is 2. The maximum atomic E-state index is 14.2. The summed E-state index contributed by atoms with van der Waals surface area (Å²) < 4.78 is 40.7. The van der Waals surface area contributed by atoms with Gasteiger partial charge in [0.1, 0.15) is 10.8 Å². The fourth-order valence-electron chi connectivity index (χ4n) is 2.59. The van der Waals surface area contributed by atoms with Crippen LogP contribution in [0, 0.1) is 5.82 Å². The van der Waals surface area contributed by atoms with Crippen LogP contribution in [0.25, 0.3) is 11.3 Å². The first-order valence-electron chi connectivity index (χ1n) is 8.77. The Hall–Kier alpha value is -2.69. The molecule has 2 aromatic heterocycles. The summed E-state index contributed by atoms with van der Waals surface area (Å²) in [5, 5.41) is 5.15. The van der Waals surface area contributed by atoms with Gasteiger partial charge in [-0.05, 0) is 37.3 Å². The van der Waals surface area contributed by atoms with E-state index in [1.165, 1.54) is 11.3 Å². The Kier molecular flexibility index (Phi) is 6.36. The van der Waals surface area contributed by atoms with Crippen molar-refractivity contribution in [2.75, 3.05) is 6.54 Å². The normalized spacial score (nSPS) is 12.5. The number of amides is 1. The Morgan fingerprint density at radius 3 is 2.79 bits per heavy atom. The Labute approximate surface area is 172 Å². The van der Waals surface area contributed by atoms with Crippen molar-refractivity contribution in [3.63, 3.8) is 0 Å². The molecule has 0 bridgehead atoms. The smallest absolute Gasteiger partial charge is 0.254 e. The van der Waals surface area contributed by atoms with Crippen molar-refractivity contribution in [2.45, 2.75) is 24.8 Å². The minimum absolute atomic E-state index is 0.174. The lowest BCUT2D eigenvalue weighted by Gasteiger charge is -2.13. The molecule has 2 heterocycles. The fourth-order valence-corrected chi connectivity index (χ4v) is 4.49. The second-order valence-electron chi connectivity index (χ2n) is 6.15. The summed E-state index contributed by atoms with van der Waals surface area (Å²) in [5.74, 6) is -1.53. The summed E-state index contributed by atoms with van der Waals surface area (Å²) in [6.07, 6.45) is 3.35. The lowest BCUT2D eigenvalue weighted by atomic mass is 10.2. The molecule has 0 aliphatic carbocycles. The molecule has 0 saturated heterocycles. The second-order valence-corrected chi connectivity index (χ2v) is 8.81. The maximum absolute atomic E-state index is 14.2. The third kappa shape index (κ3) is 4.84. The molecule has 0 spiro atoms. The number of aromatic nitrogens is 2. The molecule has 7 nitrogen and oxygen atoms in total. The standard InChI is InChI=1S/C19H19FN4O3S2/c1-3-22-29(26,27)14-6-7-16(20)15(9-14)18(25)23-12(2)19-24-17(11-28-19)13-5-4-8-21-10-13/h4-12,22H,3H2,1-2H3,(H,23,25). The predicted molar refractivity (Wildman–Crippen MR) is 108 cm³/mol. The van der Waals surface area contributed by atoms with Crippen LogP contribution in [0.15, 0.2) is 53.0 Å². The highest BCUT2D eigenvalue weighted by Crippen LogP contribution is 2.25. The zero-order chi connectivity index (χ0) is 21.0. The summed E-state index contributed by atoms with van der Waals surface area (Å²) in [5.41, 5.74) is 1.23. The number of pyridine rings is 1. The summed E-state index contributed by atoms with van der Waals surface area (Å²) in [6.45, 7) is 3.53. The van der Waals surface area contributed by atoms with Gasteiger partial charge in [-0.1, -0.05) is 6.92 Å². The SMILES string of the molecule is CCNS(=O)(=O)c1ccc(F)c(C(=O)NC(C)c2nc(-c3cccnc3)cs2)c1. The zero-order valence-corrected chi connectivity index (χ0v) is 17.3. The van der Waals surface area contributed by atoms with Crippen LogP contribution in [0.3, 0.4) is 0 Å². The van der Waals surface area contributed by atoms with Gasteiger partial charge in [0.25, 0.3) is 5.91 Å². The van der Waals surface area contributed by atoms with Crippen LogP contribution in [0.2, 0.25) is 0 Å². The van der Waals surface area contributed by atoms with Crippen LogP contribution in [-0.2, 0) is 10.0 Å². The summed E-state index contributed by atoms with van der Waals surface area (Å²) in [4.78, 5) is 20.9. The van der Waals surface area contributed by atoms with E-state index in [-0.39, 0.29) is 17.0 Å². The lowest BCUT2D eigenvalue weighted by Crippen LogP contribution is -2.28. The fraction of sp³-hybridized carbons (Fsp3) is 0.211. The van der Waals surface area contributed by atoms with Crippen LogP contribution in [0.1, 0.15) is 35.3 Å². The van der Waals surface area contributed by atoms with Gasteiger partial charge < -0.3 is 5.32 Å². The van der Waals surface area contributed by atoms with Crippen LogP contribution in [-0.4, -0.2) is 30.8 Å². The van der Waals surface area contributed by atoms with E-state index in [2.05, 4.69) is 20.0 Å². The molecule has 0 aliphatic heterocycles. The molecule has 0 radical (unpaired) electrons.